The molecule has 0 aromatic rings. The van der Waals surface area contributed by atoms with E-state index < -0.39 is 0 Å². The van der Waals surface area contributed by atoms with Crippen LogP contribution in [0.3, 0.4) is 0 Å². The van der Waals surface area contributed by atoms with Crippen LogP contribution in [-0.4, -0.2) is 0 Å². The minimum absolute atomic E-state index is 0. The molecular weight excluding hydrogens is 331 g/mol. The maximum atomic E-state index is 3.39. The van der Waals surface area contributed by atoms with E-state index in [1.54, 1.807) is 0 Å². The van der Waals surface area contributed by atoms with E-state index in [1.807, 2.05) is 71.1 Å². The van der Waals surface area contributed by atoms with Gasteiger partial charge in [-0.1, -0.05) is 12.8 Å². The monoisotopic (exact) mass is 354 g/mol. The Labute approximate surface area is 153 Å². The van der Waals surface area contributed by atoms with Crippen LogP contribution < -0.4 is 0 Å². The molecule has 10 radical (unpaired) electrons. The van der Waals surface area contributed by atoms with Crippen LogP contribution in [0, 0.1) is 76.4 Å². The van der Waals surface area contributed by atoms with Crippen LogP contribution in [-0.2, 0) is 26.2 Å². The van der Waals surface area contributed by atoms with Crippen molar-refractivity contribution in [2.24, 2.45) is 0 Å². The molecule has 0 bridgehead atoms. The minimum atomic E-state index is 0. The molecule has 0 amide bonds. The zero-order valence-electron chi connectivity index (χ0n) is 13.1. The summed E-state index contributed by atoms with van der Waals surface area (Å²) in [6, 6.07) is 0. The molecule has 0 nitrogen and oxygen atoms in total. The molecule has 0 saturated heterocycles. The normalized spacial score (nSPS) is 21.2. The van der Waals surface area contributed by atoms with Gasteiger partial charge in [0.2, 0.25) is 0 Å². The van der Waals surface area contributed by atoms with Crippen molar-refractivity contribution in [1.82, 2.24) is 0 Å². The Hall–Kier alpha value is 0.363. The molecule has 0 aromatic heterocycles. The average Bonchev–Trinajstić information content (AvgIpc) is 3.24. The zero-order chi connectivity index (χ0) is 14.5. The first-order chi connectivity index (χ1) is 9.84. The van der Waals surface area contributed by atoms with Crippen LogP contribution in [0.4, 0.5) is 0 Å². The number of allylic oxidation sites excluding steroid dienone is 4. The topological polar surface area (TPSA) is 0 Å². The zero-order valence-corrected chi connectivity index (χ0v) is 15.6. The number of rotatable bonds is 1. The molecule has 3 aliphatic rings. The fourth-order valence-corrected chi connectivity index (χ4v) is 1.87. The largest absolute Gasteiger partial charge is 2.00 e. The van der Waals surface area contributed by atoms with Crippen molar-refractivity contribution in [2.75, 3.05) is 0 Å². The molecule has 2 saturated carbocycles. The Bertz CT molecular complexity index is 255. The minimum Gasteiger partial charge on any atom is -0.376 e. The van der Waals surface area contributed by atoms with Gasteiger partial charge in [0.1, 0.15) is 0 Å². The molecule has 0 heterocycles. The molecule has 0 aliphatic heterocycles. The summed E-state index contributed by atoms with van der Waals surface area (Å²) in [5.41, 5.74) is 2.69. The van der Waals surface area contributed by atoms with E-state index in [1.165, 1.54) is 30.4 Å². The summed E-state index contributed by atoms with van der Waals surface area (Å²) in [4.78, 5) is 0. The van der Waals surface area contributed by atoms with Crippen molar-refractivity contribution >= 4 is 0 Å². The molecule has 3 aliphatic carbocycles. The third kappa shape index (κ3) is 11.6. The second-order valence-corrected chi connectivity index (χ2v) is 4.66. The Balaban J connectivity index is 0.000000307. The van der Waals surface area contributed by atoms with Crippen molar-refractivity contribution < 1.29 is 26.2 Å². The molecule has 0 spiro atoms. The third-order valence-electron chi connectivity index (χ3n) is 3.13. The van der Waals surface area contributed by atoms with E-state index >= 15 is 0 Å². The molecule has 0 atom stereocenters. The second kappa shape index (κ2) is 15.3. The molecular formula is C20H24Zr. The van der Waals surface area contributed by atoms with E-state index in [0.29, 0.717) is 0 Å². The summed E-state index contributed by atoms with van der Waals surface area (Å²) in [7, 11) is 0. The van der Waals surface area contributed by atoms with E-state index in [-0.39, 0.29) is 26.2 Å². The molecule has 0 unspecified atom stereocenters. The van der Waals surface area contributed by atoms with Crippen molar-refractivity contribution in [3.8, 4) is 0 Å². The molecule has 3 rings (SSSR count). The number of hydrogen-bond acceptors (Lipinski definition) is 0. The van der Waals surface area contributed by atoms with Gasteiger partial charge in [-0.25, -0.2) is 0 Å². The maximum absolute atomic E-state index is 3.39. The van der Waals surface area contributed by atoms with Gasteiger partial charge in [-0.05, 0) is 64.2 Å². The summed E-state index contributed by atoms with van der Waals surface area (Å²) in [5.74, 6) is 0. The summed E-state index contributed by atoms with van der Waals surface area (Å²) < 4.78 is 0. The molecule has 0 N–H and O–H groups in total. The molecule has 2 fully saturated rings. The fraction of sp³-hybridized carbons (Fsp3) is 0.300. The Morgan fingerprint density at radius 3 is 1.57 bits per heavy atom. The Morgan fingerprint density at radius 2 is 1.29 bits per heavy atom. The van der Waals surface area contributed by atoms with Gasteiger partial charge in [-0.3, -0.25) is 0 Å². The van der Waals surface area contributed by atoms with Gasteiger partial charge in [0, 0.05) is 0 Å². The Kier molecular flexibility index (Phi) is 15.5. The van der Waals surface area contributed by atoms with Crippen molar-refractivity contribution in [2.45, 2.75) is 39.5 Å². The van der Waals surface area contributed by atoms with E-state index in [0.717, 1.165) is 6.42 Å². The van der Waals surface area contributed by atoms with Crippen LogP contribution in [0.25, 0.3) is 0 Å². The smallest absolute Gasteiger partial charge is 0.376 e. The van der Waals surface area contributed by atoms with E-state index in [4.69, 9.17) is 0 Å². The third-order valence-corrected chi connectivity index (χ3v) is 3.13. The summed E-state index contributed by atoms with van der Waals surface area (Å²) in [6.45, 7) is 4.09. The molecule has 0 aromatic carbocycles. The fourth-order valence-electron chi connectivity index (χ4n) is 1.87. The van der Waals surface area contributed by atoms with Crippen LogP contribution in [0.15, 0.2) is 11.1 Å². The van der Waals surface area contributed by atoms with Crippen LogP contribution >= 0.6 is 0 Å². The summed E-state index contributed by atoms with van der Waals surface area (Å²) in [6.07, 6.45) is 31.6. The van der Waals surface area contributed by atoms with Gasteiger partial charge in [-0.2, -0.15) is 0 Å². The van der Waals surface area contributed by atoms with Crippen molar-refractivity contribution in [1.29, 1.82) is 0 Å². The van der Waals surface area contributed by atoms with Gasteiger partial charge >= 0.3 is 26.2 Å². The summed E-state index contributed by atoms with van der Waals surface area (Å²) >= 11 is 0. The maximum Gasteiger partial charge on any atom is 2.00 e. The van der Waals surface area contributed by atoms with Crippen molar-refractivity contribution in [3.63, 3.8) is 0 Å². The SMILES string of the molecule is C[C-]=C(C)C1=[C-]CCCC1.[CH]1[CH][CH][CH][CH]1.[CH]1[CH][CH][CH][CH]1.[Zr+2]. The Morgan fingerprint density at radius 1 is 0.857 bits per heavy atom. The predicted octanol–water partition coefficient (Wildman–Crippen LogP) is 5.10. The van der Waals surface area contributed by atoms with Crippen molar-refractivity contribution in [3.05, 3.63) is 87.5 Å². The van der Waals surface area contributed by atoms with Crippen LogP contribution in [0.2, 0.25) is 0 Å². The van der Waals surface area contributed by atoms with Gasteiger partial charge < -0.3 is 23.3 Å². The van der Waals surface area contributed by atoms with Crippen LogP contribution in [0.1, 0.15) is 39.5 Å². The quantitative estimate of drug-likeness (QED) is 0.574. The van der Waals surface area contributed by atoms with Gasteiger partial charge in [0.25, 0.3) is 0 Å². The molecule has 1 heteroatoms. The first-order valence-corrected chi connectivity index (χ1v) is 7.29. The predicted molar refractivity (Wildman–Crippen MR) is 86.3 cm³/mol. The average molecular weight is 356 g/mol. The van der Waals surface area contributed by atoms with Gasteiger partial charge in [-0.15, -0.1) is 26.7 Å². The standard InChI is InChI=1S/C10H14.2C5H5.Zr/c1-3-9(2)10-7-5-4-6-8-10;2*1-2-4-5-3-1;/h4-7H2,1-2H3;2*1-5H;/q-2;;;+2. The van der Waals surface area contributed by atoms with E-state index in [9.17, 15) is 0 Å². The van der Waals surface area contributed by atoms with Gasteiger partial charge in [0.15, 0.2) is 0 Å². The second-order valence-electron chi connectivity index (χ2n) is 4.66. The van der Waals surface area contributed by atoms with E-state index in [2.05, 4.69) is 19.1 Å². The summed E-state index contributed by atoms with van der Waals surface area (Å²) in [5, 5.41) is 0. The first kappa shape index (κ1) is 21.4. The molecule has 108 valence electrons. The molecule has 21 heavy (non-hydrogen) atoms. The van der Waals surface area contributed by atoms with Crippen LogP contribution in [0.5, 0.6) is 0 Å². The number of hydrogen-bond donors (Lipinski definition) is 0. The first-order valence-electron chi connectivity index (χ1n) is 7.29. The van der Waals surface area contributed by atoms with Gasteiger partial charge in [0.05, 0.1) is 0 Å².